The van der Waals surface area contributed by atoms with Crippen LogP contribution < -0.4 is 10.6 Å². The van der Waals surface area contributed by atoms with Gasteiger partial charge in [0.05, 0.1) is 10.0 Å². The summed E-state index contributed by atoms with van der Waals surface area (Å²) in [6.45, 7) is 0. The Morgan fingerprint density at radius 2 is 1.55 bits per heavy atom. The number of benzene rings is 2. The summed E-state index contributed by atoms with van der Waals surface area (Å²) >= 11 is 11.6. The monoisotopic (exact) mass is 340 g/mol. The van der Waals surface area contributed by atoms with Crippen molar-refractivity contribution in [3.63, 3.8) is 0 Å². The van der Waals surface area contributed by atoms with E-state index in [0.717, 1.165) is 6.07 Å². The highest BCUT2D eigenvalue weighted by atomic mass is 35.5. The molecule has 2 aromatic rings. The van der Waals surface area contributed by atoms with Crippen molar-refractivity contribution >= 4 is 46.4 Å². The molecule has 114 valence electrons. The lowest BCUT2D eigenvalue weighted by Crippen LogP contribution is -2.21. The third-order valence-electron chi connectivity index (χ3n) is 2.63. The molecule has 2 N–H and O–H groups in total. The van der Waals surface area contributed by atoms with E-state index >= 15 is 0 Å². The van der Waals surface area contributed by atoms with E-state index in [2.05, 4.69) is 10.6 Å². The van der Waals surface area contributed by atoms with Gasteiger partial charge in [-0.15, -0.1) is 0 Å². The summed E-state index contributed by atoms with van der Waals surface area (Å²) in [5.41, 5.74) is 0.713. The zero-order valence-electron chi connectivity index (χ0n) is 11.2. The zero-order valence-corrected chi connectivity index (χ0v) is 12.7. The van der Waals surface area contributed by atoms with Gasteiger partial charge in [-0.05, 0) is 36.4 Å². The van der Waals surface area contributed by atoms with E-state index in [1.54, 1.807) is 6.07 Å². The smallest absolute Gasteiger partial charge is 0.233 e. The molecule has 7 heteroatoms. The van der Waals surface area contributed by atoms with Gasteiger partial charge in [0.25, 0.3) is 0 Å². The lowest BCUT2D eigenvalue weighted by atomic mass is 10.2. The van der Waals surface area contributed by atoms with E-state index in [4.69, 9.17) is 23.2 Å². The van der Waals surface area contributed by atoms with Gasteiger partial charge in [-0.3, -0.25) is 9.59 Å². The second-order valence-electron chi connectivity index (χ2n) is 4.41. The van der Waals surface area contributed by atoms with Crippen LogP contribution in [0, 0.1) is 5.82 Å². The minimum atomic E-state index is -0.553. The summed E-state index contributed by atoms with van der Waals surface area (Å²) in [7, 11) is 0. The van der Waals surface area contributed by atoms with Gasteiger partial charge in [-0.1, -0.05) is 29.3 Å². The zero-order chi connectivity index (χ0) is 16.1. The van der Waals surface area contributed by atoms with Crippen molar-refractivity contribution in [2.75, 3.05) is 10.6 Å². The molecule has 0 saturated carbocycles. The van der Waals surface area contributed by atoms with Crippen molar-refractivity contribution < 1.29 is 14.0 Å². The third kappa shape index (κ3) is 4.72. The number of rotatable bonds is 4. The second kappa shape index (κ2) is 7.24. The third-order valence-corrected chi connectivity index (χ3v) is 3.37. The number of hydrogen-bond acceptors (Lipinski definition) is 2. The van der Waals surface area contributed by atoms with Gasteiger partial charge in [0.1, 0.15) is 12.2 Å². The molecule has 0 saturated heterocycles. The van der Waals surface area contributed by atoms with Crippen molar-refractivity contribution in [1.29, 1.82) is 0 Å². The van der Waals surface area contributed by atoms with E-state index in [-0.39, 0.29) is 5.69 Å². The first kappa shape index (κ1) is 16.3. The highest BCUT2D eigenvalue weighted by molar-refractivity contribution is 6.42. The molecule has 2 amide bonds. The number of carbonyl (C=O) groups excluding carboxylic acids is 2. The molecule has 0 atom stereocenters. The molecule has 0 unspecified atom stereocenters. The van der Waals surface area contributed by atoms with Gasteiger partial charge >= 0.3 is 0 Å². The van der Waals surface area contributed by atoms with Crippen LogP contribution in [-0.2, 0) is 9.59 Å². The summed E-state index contributed by atoms with van der Waals surface area (Å²) in [6.07, 6.45) is -0.406. The Bertz CT molecular complexity index is 722. The second-order valence-corrected chi connectivity index (χ2v) is 5.23. The number of amides is 2. The van der Waals surface area contributed by atoms with Crippen LogP contribution in [0.5, 0.6) is 0 Å². The number of carbonyl (C=O) groups is 2. The fraction of sp³-hybridized carbons (Fsp3) is 0.0667. The van der Waals surface area contributed by atoms with Crippen LogP contribution in [0.2, 0.25) is 10.0 Å². The van der Waals surface area contributed by atoms with Gasteiger partial charge in [-0.25, -0.2) is 4.39 Å². The van der Waals surface area contributed by atoms with E-state index < -0.39 is 24.1 Å². The predicted molar refractivity (Wildman–Crippen MR) is 84.7 cm³/mol. The molecule has 2 aromatic carbocycles. The van der Waals surface area contributed by atoms with Crippen LogP contribution in [0.3, 0.4) is 0 Å². The first-order valence-electron chi connectivity index (χ1n) is 6.24. The molecule has 22 heavy (non-hydrogen) atoms. The van der Waals surface area contributed by atoms with Crippen molar-refractivity contribution in [2.24, 2.45) is 0 Å². The van der Waals surface area contributed by atoms with Crippen molar-refractivity contribution in [2.45, 2.75) is 6.42 Å². The van der Waals surface area contributed by atoms with Crippen LogP contribution in [0.4, 0.5) is 15.8 Å². The van der Waals surface area contributed by atoms with Gasteiger partial charge < -0.3 is 10.6 Å². The normalized spacial score (nSPS) is 10.1. The summed E-state index contributed by atoms with van der Waals surface area (Å²) in [6, 6.07) is 9.98. The Kier molecular flexibility index (Phi) is 5.35. The van der Waals surface area contributed by atoms with E-state index in [9.17, 15) is 14.0 Å². The highest BCUT2D eigenvalue weighted by Gasteiger charge is 2.11. The predicted octanol–water partition coefficient (Wildman–Crippen LogP) is 4.10. The van der Waals surface area contributed by atoms with Crippen LogP contribution in [0.1, 0.15) is 6.42 Å². The Morgan fingerprint density at radius 3 is 2.14 bits per heavy atom. The largest absolute Gasteiger partial charge is 0.326 e. The number of hydrogen-bond donors (Lipinski definition) is 2. The molecular formula is C15H11Cl2FN2O2. The number of anilines is 2. The summed E-state index contributed by atoms with van der Waals surface area (Å²) in [5.74, 6) is -1.55. The fourth-order valence-corrected chi connectivity index (χ4v) is 1.99. The van der Waals surface area contributed by atoms with Crippen molar-refractivity contribution in [3.05, 3.63) is 58.3 Å². The summed E-state index contributed by atoms with van der Waals surface area (Å²) < 4.78 is 13.0. The maximum atomic E-state index is 13.0. The lowest BCUT2D eigenvalue weighted by Gasteiger charge is -2.07. The summed E-state index contributed by atoms with van der Waals surface area (Å²) in [4.78, 5) is 23.5. The fourth-order valence-electron chi connectivity index (χ4n) is 1.70. The molecule has 0 bridgehead atoms. The van der Waals surface area contributed by atoms with Gasteiger partial charge in [0.15, 0.2) is 0 Å². The first-order valence-corrected chi connectivity index (χ1v) is 7.00. The van der Waals surface area contributed by atoms with E-state index in [1.165, 1.54) is 30.3 Å². The minimum absolute atomic E-state index is 0.285. The minimum Gasteiger partial charge on any atom is -0.326 e. The Balaban J connectivity index is 1.91. The molecular weight excluding hydrogens is 330 g/mol. The molecule has 0 spiro atoms. The summed E-state index contributed by atoms with van der Waals surface area (Å²) in [5, 5.41) is 5.61. The molecule has 0 aliphatic rings. The average Bonchev–Trinajstić information content (AvgIpc) is 2.42. The molecule has 0 fully saturated rings. The Hall–Kier alpha value is -2.11. The molecule has 0 aliphatic carbocycles. The Labute approximate surface area is 136 Å². The van der Waals surface area contributed by atoms with Gasteiger partial charge in [0.2, 0.25) is 11.8 Å². The molecule has 0 radical (unpaired) electrons. The quantitative estimate of drug-likeness (QED) is 0.823. The standard InChI is InChI=1S/C15H11Cl2FN2O2/c16-12-5-4-11(7-13(12)17)20-15(22)8-14(21)19-10-3-1-2-9(18)6-10/h1-7H,8H2,(H,19,21)(H,20,22). The maximum absolute atomic E-state index is 13.0. The Morgan fingerprint density at radius 1 is 0.909 bits per heavy atom. The molecule has 0 aliphatic heterocycles. The van der Waals surface area contributed by atoms with Crippen molar-refractivity contribution in [3.8, 4) is 0 Å². The van der Waals surface area contributed by atoms with Crippen molar-refractivity contribution in [1.82, 2.24) is 0 Å². The highest BCUT2D eigenvalue weighted by Crippen LogP contribution is 2.25. The SMILES string of the molecule is O=C(CC(=O)Nc1ccc(Cl)c(Cl)c1)Nc1cccc(F)c1. The average molecular weight is 341 g/mol. The van der Waals surface area contributed by atoms with Gasteiger partial charge in [0, 0.05) is 11.4 Å². The van der Waals surface area contributed by atoms with E-state index in [1.807, 2.05) is 0 Å². The molecule has 4 nitrogen and oxygen atoms in total. The number of halogens is 3. The molecule has 0 heterocycles. The first-order chi connectivity index (χ1) is 10.4. The van der Waals surface area contributed by atoms with E-state index in [0.29, 0.717) is 15.7 Å². The lowest BCUT2D eigenvalue weighted by molar-refractivity contribution is -0.123. The topological polar surface area (TPSA) is 58.2 Å². The van der Waals surface area contributed by atoms with Gasteiger partial charge in [-0.2, -0.15) is 0 Å². The van der Waals surface area contributed by atoms with Crippen LogP contribution in [0.25, 0.3) is 0 Å². The molecule has 2 rings (SSSR count). The number of nitrogens with one attached hydrogen (secondary N) is 2. The maximum Gasteiger partial charge on any atom is 0.233 e. The van der Waals surface area contributed by atoms with Crippen LogP contribution >= 0.6 is 23.2 Å². The van der Waals surface area contributed by atoms with Crippen LogP contribution in [0.15, 0.2) is 42.5 Å². The molecule has 0 aromatic heterocycles. The van der Waals surface area contributed by atoms with Crippen LogP contribution in [-0.4, -0.2) is 11.8 Å².